The molecule has 0 amide bonds. The number of nitrogens with zero attached hydrogens (tertiary/aromatic N) is 5. The maximum atomic E-state index is 8.71. The Morgan fingerprint density at radius 1 is 1.21 bits per heavy atom. The fourth-order valence-electron chi connectivity index (χ4n) is 0.989. The van der Waals surface area contributed by atoms with Crippen LogP contribution in [0, 0.1) is 18.4 Å². The average molecular weight is 191 g/mol. The molecule has 0 aromatic carbocycles. The van der Waals surface area contributed by atoms with Crippen LogP contribution in [0.4, 0.5) is 11.6 Å². The van der Waals surface area contributed by atoms with Crippen molar-refractivity contribution in [3.05, 3.63) is 11.9 Å². The van der Waals surface area contributed by atoms with Crippen LogP contribution in [0.15, 0.2) is 6.07 Å². The highest BCUT2D eigenvalue weighted by Crippen LogP contribution is 2.15. The Balaban J connectivity index is 3.15. The van der Waals surface area contributed by atoms with E-state index in [1.54, 1.807) is 13.1 Å². The predicted molar refractivity (Wildman–Crippen MR) is 55.1 cm³/mol. The molecule has 0 atom stereocenters. The highest BCUT2D eigenvalue weighted by Gasteiger charge is 2.06. The molecular weight excluding hydrogens is 178 g/mol. The Bertz CT molecular complexity index is 366. The molecule has 0 N–H and O–H groups in total. The molecule has 74 valence electrons. The van der Waals surface area contributed by atoms with E-state index in [4.69, 9.17) is 5.26 Å². The van der Waals surface area contributed by atoms with E-state index in [9.17, 15) is 0 Å². The molecule has 5 heteroatoms. The van der Waals surface area contributed by atoms with E-state index < -0.39 is 0 Å². The minimum Gasteiger partial charge on any atom is -0.363 e. The van der Waals surface area contributed by atoms with E-state index in [1.807, 2.05) is 32.1 Å². The minimum absolute atomic E-state index is 0.615. The van der Waals surface area contributed by atoms with Crippen LogP contribution in [0.2, 0.25) is 0 Å². The van der Waals surface area contributed by atoms with Gasteiger partial charge < -0.3 is 4.90 Å². The molecule has 0 aliphatic carbocycles. The zero-order chi connectivity index (χ0) is 10.7. The summed E-state index contributed by atoms with van der Waals surface area (Å²) in [5.41, 5.74) is 0. The number of rotatable bonds is 2. The lowest BCUT2D eigenvalue weighted by Crippen LogP contribution is -2.16. The van der Waals surface area contributed by atoms with Crippen molar-refractivity contribution in [3.8, 4) is 6.19 Å². The van der Waals surface area contributed by atoms with E-state index >= 15 is 0 Å². The molecule has 0 radical (unpaired) electrons. The standard InChI is InChI=1S/C9H13N5/c1-7-11-8(13(2)3)5-9(12-7)14(4)6-10/h5H,1-4H3. The zero-order valence-electron chi connectivity index (χ0n) is 8.81. The van der Waals surface area contributed by atoms with Gasteiger partial charge in [-0.2, -0.15) is 5.26 Å². The van der Waals surface area contributed by atoms with Crippen LogP contribution >= 0.6 is 0 Å². The molecule has 5 nitrogen and oxygen atoms in total. The van der Waals surface area contributed by atoms with E-state index in [-0.39, 0.29) is 0 Å². The van der Waals surface area contributed by atoms with Crippen LogP contribution in [0.1, 0.15) is 5.82 Å². The number of nitriles is 1. The average Bonchev–Trinajstić information content (AvgIpc) is 2.15. The van der Waals surface area contributed by atoms with Crippen molar-refractivity contribution in [2.24, 2.45) is 0 Å². The normalized spacial score (nSPS) is 9.36. The fraction of sp³-hybridized carbons (Fsp3) is 0.444. The second-order valence-electron chi connectivity index (χ2n) is 3.18. The molecular formula is C9H13N5. The highest BCUT2D eigenvalue weighted by atomic mass is 15.2. The molecule has 0 aliphatic heterocycles. The van der Waals surface area contributed by atoms with Gasteiger partial charge in [0.15, 0.2) is 6.19 Å². The maximum Gasteiger partial charge on any atom is 0.185 e. The second kappa shape index (κ2) is 3.92. The van der Waals surface area contributed by atoms with Gasteiger partial charge >= 0.3 is 0 Å². The fourth-order valence-corrected chi connectivity index (χ4v) is 0.989. The number of hydrogen-bond donors (Lipinski definition) is 0. The van der Waals surface area contributed by atoms with Gasteiger partial charge in [-0.25, -0.2) is 9.97 Å². The summed E-state index contributed by atoms with van der Waals surface area (Å²) in [4.78, 5) is 11.7. The topological polar surface area (TPSA) is 56.1 Å². The van der Waals surface area contributed by atoms with Crippen LogP contribution in [-0.4, -0.2) is 31.1 Å². The molecule has 0 fully saturated rings. The summed E-state index contributed by atoms with van der Waals surface area (Å²) in [5, 5.41) is 8.71. The Kier molecular flexibility index (Phi) is 2.87. The van der Waals surface area contributed by atoms with E-state index in [0.29, 0.717) is 11.6 Å². The summed E-state index contributed by atoms with van der Waals surface area (Å²) in [7, 11) is 5.47. The van der Waals surface area contributed by atoms with Crippen molar-refractivity contribution in [1.82, 2.24) is 9.97 Å². The first kappa shape index (κ1) is 10.3. The monoisotopic (exact) mass is 191 g/mol. The predicted octanol–water partition coefficient (Wildman–Crippen LogP) is 0.768. The molecule has 1 aromatic heterocycles. The lowest BCUT2D eigenvalue weighted by molar-refractivity contribution is 0.970. The SMILES string of the molecule is Cc1nc(N(C)C)cc(N(C)C#N)n1. The first-order valence-electron chi connectivity index (χ1n) is 4.21. The smallest absolute Gasteiger partial charge is 0.185 e. The number of aryl methyl sites for hydroxylation is 1. The van der Waals surface area contributed by atoms with Crippen molar-refractivity contribution in [2.45, 2.75) is 6.92 Å². The van der Waals surface area contributed by atoms with Crippen LogP contribution in [0.5, 0.6) is 0 Å². The van der Waals surface area contributed by atoms with Gasteiger partial charge in [-0.05, 0) is 6.92 Å². The van der Waals surface area contributed by atoms with E-state index in [1.165, 1.54) is 4.90 Å². The third-order valence-electron chi connectivity index (χ3n) is 1.76. The highest BCUT2D eigenvalue weighted by molar-refractivity contribution is 5.51. The minimum atomic E-state index is 0.615. The van der Waals surface area contributed by atoms with Gasteiger partial charge in [0, 0.05) is 27.2 Å². The van der Waals surface area contributed by atoms with Crippen LogP contribution in [-0.2, 0) is 0 Å². The first-order valence-corrected chi connectivity index (χ1v) is 4.21. The Morgan fingerprint density at radius 2 is 1.79 bits per heavy atom. The van der Waals surface area contributed by atoms with Crippen LogP contribution < -0.4 is 9.80 Å². The first-order chi connectivity index (χ1) is 6.54. The maximum absolute atomic E-state index is 8.71. The van der Waals surface area contributed by atoms with Crippen molar-refractivity contribution in [2.75, 3.05) is 30.9 Å². The van der Waals surface area contributed by atoms with Crippen molar-refractivity contribution >= 4 is 11.6 Å². The Labute approximate surface area is 83.6 Å². The number of anilines is 2. The van der Waals surface area contributed by atoms with E-state index in [2.05, 4.69) is 9.97 Å². The molecule has 0 unspecified atom stereocenters. The van der Waals surface area contributed by atoms with Gasteiger partial charge in [-0.3, -0.25) is 4.90 Å². The summed E-state index contributed by atoms with van der Waals surface area (Å²) in [6.45, 7) is 1.81. The van der Waals surface area contributed by atoms with Gasteiger partial charge in [0.2, 0.25) is 0 Å². The largest absolute Gasteiger partial charge is 0.363 e. The molecule has 0 saturated carbocycles. The summed E-state index contributed by atoms with van der Waals surface area (Å²) in [6, 6.07) is 1.77. The molecule has 0 spiro atoms. The molecule has 14 heavy (non-hydrogen) atoms. The number of aromatic nitrogens is 2. The third-order valence-corrected chi connectivity index (χ3v) is 1.76. The zero-order valence-corrected chi connectivity index (χ0v) is 8.81. The molecule has 0 aliphatic rings. The van der Waals surface area contributed by atoms with Crippen molar-refractivity contribution in [3.63, 3.8) is 0 Å². The summed E-state index contributed by atoms with van der Waals surface area (Å²) in [6.07, 6.45) is 2.00. The summed E-state index contributed by atoms with van der Waals surface area (Å²) >= 11 is 0. The number of hydrogen-bond acceptors (Lipinski definition) is 5. The second-order valence-corrected chi connectivity index (χ2v) is 3.18. The lowest BCUT2D eigenvalue weighted by Gasteiger charge is -2.14. The van der Waals surface area contributed by atoms with Crippen LogP contribution in [0.25, 0.3) is 0 Å². The Hall–Kier alpha value is -1.83. The van der Waals surface area contributed by atoms with E-state index in [0.717, 1.165) is 5.82 Å². The molecule has 1 rings (SSSR count). The molecule has 1 heterocycles. The van der Waals surface area contributed by atoms with Crippen molar-refractivity contribution in [1.29, 1.82) is 5.26 Å². The van der Waals surface area contributed by atoms with Crippen LogP contribution in [0.3, 0.4) is 0 Å². The lowest BCUT2D eigenvalue weighted by atomic mass is 10.4. The van der Waals surface area contributed by atoms with Gasteiger partial charge in [0.05, 0.1) is 0 Å². The molecule has 0 saturated heterocycles. The van der Waals surface area contributed by atoms with Gasteiger partial charge in [0.1, 0.15) is 17.5 Å². The third kappa shape index (κ3) is 2.10. The Morgan fingerprint density at radius 3 is 2.29 bits per heavy atom. The van der Waals surface area contributed by atoms with Gasteiger partial charge in [-0.15, -0.1) is 0 Å². The van der Waals surface area contributed by atoms with Crippen molar-refractivity contribution < 1.29 is 0 Å². The van der Waals surface area contributed by atoms with Gasteiger partial charge in [0.25, 0.3) is 0 Å². The van der Waals surface area contributed by atoms with Gasteiger partial charge in [-0.1, -0.05) is 0 Å². The summed E-state index contributed by atoms with van der Waals surface area (Å²) in [5.74, 6) is 2.08. The summed E-state index contributed by atoms with van der Waals surface area (Å²) < 4.78 is 0. The quantitative estimate of drug-likeness (QED) is 0.510. The molecule has 1 aromatic rings. The molecule has 0 bridgehead atoms.